The molecule has 0 saturated heterocycles. The smallest absolute Gasteiger partial charge is 0.00914 e. The highest BCUT2D eigenvalue weighted by molar-refractivity contribution is 5.72. The van der Waals surface area contributed by atoms with E-state index in [-0.39, 0.29) is 0 Å². The summed E-state index contributed by atoms with van der Waals surface area (Å²) in [6.45, 7) is 2.29. The second-order valence-electron chi connectivity index (χ2n) is 7.17. The average molecular weight is 343 g/mol. The fraction of sp³-hybridized carbons (Fsp3) is 0.308. The predicted molar refractivity (Wildman–Crippen MR) is 114 cm³/mol. The molecule has 0 bridgehead atoms. The van der Waals surface area contributed by atoms with Gasteiger partial charge in [-0.1, -0.05) is 111 Å². The molecule has 0 spiro atoms. The lowest BCUT2D eigenvalue weighted by molar-refractivity contribution is 0.574. The minimum Gasteiger partial charge on any atom is -0.0801 e. The van der Waals surface area contributed by atoms with Gasteiger partial charge in [-0.15, -0.1) is 0 Å². The van der Waals surface area contributed by atoms with Gasteiger partial charge in [-0.25, -0.2) is 0 Å². The molecule has 0 heterocycles. The van der Waals surface area contributed by atoms with Crippen LogP contribution in [0.25, 0.3) is 5.57 Å². The Morgan fingerprint density at radius 1 is 0.885 bits per heavy atom. The van der Waals surface area contributed by atoms with Gasteiger partial charge in [0.15, 0.2) is 0 Å². The molecule has 1 atom stereocenters. The van der Waals surface area contributed by atoms with Crippen molar-refractivity contribution in [3.8, 4) is 0 Å². The van der Waals surface area contributed by atoms with Crippen molar-refractivity contribution in [3.05, 3.63) is 102 Å². The first kappa shape index (κ1) is 18.5. The highest BCUT2D eigenvalue weighted by Gasteiger charge is 2.17. The first-order chi connectivity index (χ1) is 12.9. The maximum atomic E-state index is 2.31. The van der Waals surface area contributed by atoms with E-state index in [1.807, 2.05) is 0 Å². The lowest BCUT2D eigenvalue weighted by atomic mass is 9.82. The first-order valence-corrected chi connectivity index (χ1v) is 10.0. The van der Waals surface area contributed by atoms with Crippen LogP contribution in [0.2, 0.25) is 0 Å². The Balaban J connectivity index is 1.91. The lowest BCUT2D eigenvalue weighted by Crippen LogP contribution is -2.03. The lowest BCUT2D eigenvalue weighted by Gasteiger charge is -2.22. The molecule has 1 aliphatic carbocycles. The molecule has 26 heavy (non-hydrogen) atoms. The molecule has 2 aromatic rings. The van der Waals surface area contributed by atoms with Crippen molar-refractivity contribution in [2.24, 2.45) is 0 Å². The summed E-state index contributed by atoms with van der Waals surface area (Å²) in [6, 6.07) is 22.1. The van der Waals surface area contributed by atoms with Crippen molar-refractivity contribution < 1.29 is 0 Å². The molecule has 3 rings (SSSR count). The number of unbranched alkanes of at least 4 members (excludes halogenated alkanes) is 2. The van der Waals surface area contributed by atoms with Crippen LogP contribution in [0.15, 0.2) is 90.5 Å². The third-order valence-electron chi connectivity index (χ3n) is 5.27. The Bertz CT molecular complexity index is 747. The summed E-state index contributed by atoms with van der Waals surface area (Å²) in [6.07, 6.45) is 16.2. The monoisotopic (exact) mass is 342 g/mol. The van der Waals surface area contributed by atoms with E-state index in [1.165, 1.54) is 48.0 Å². The molecule has 0 fully saturated rings. The summed E-state index contributed by atoms with van der Waals surface area (Å²) in [7, 11) is 0. The van der Waals surface area contributed by atoms with Crippen LogP contribution in [0.1, 0.15) is 62.5 Å². The number of hydrogen-bond donors (Lipinski definition) is 0. The molecule has 0 heteroatoms. The van der Waals surface area contributed by atoms with E-state index in [0.717, 1.165) is 12.8 Å². The maximum absolute atomic E-state index is 2.31. The minimum atomic E-state index is 0.588. The predicted octanol–water partition coefficient (Wildman–Crippen LogP) is 7.71. The molecular weight excluding hydrogens is 312 g/mol. The van der Waals surface area contributed by atoms with Crippen molar-refractivity contribution in [2.75, 3.05) is 0 Å². The van der Waals surface area contributed by atoms with E-state index in [2.05, 4.69) is 91.9 Å². The fourth-order valence-corrected chi connectivity index (χ4v) is 3.81. The Kier molecular flexibility index (Phi) is 7.07. The van der Waals surface area contributed by atoms with Crippen LogP contribution in [0.5, 0.6) is 0 Å². The van der Waals surface area contributed by atoms with Gasteiger partial charge in [-0.05, 0) is 47.5 Å². The van der Waals surface area contributed by atoms with E-state index >= 15 is 0 Å². The number of hydrogen-bond acceptors (Lipinski definition) is 0. The van der Waals surface area contributed by atoms with Crippen LogP contribution in [-0.4, -0.2) is 0 Å². The van der Waals surface area contributed by atoms with Crippen LogP contribution in [0.3, 0.4) is 0 Å². The van der Waals surface area contributed by atoms with E-state index < -0.39 is 0 Å². The summed E-state index contributed by atoms with van der Waals surface area (Å²) in [5.74, 6) is 0.588. The van der Waals surface area contributed by atoms with Gasteiger partial charge in [-0.2, -0.15) is 0 Å². The van der Waals surface area contributed by atoms with Gasteiger partial charge in [0.2, 0.25) is 0 Å². The van der Waals surface area contributed by atoms with Gasteiger partial charge in [-0.3, -0.25) is 0 Å². The average Bonchev–Trinajstić information content (AvgIpc) is 2.72. The number of benzene rings is 2. The van der Waals surface area contributed by atoms with Crippen molar-refractivity contribution in [1.82, 2.24) is 0 Å². The largest absolute Gasteiger partial charge is 0.0801 e. The van der Waals surface area contributed by atoms with Gasteiger partial charge in [0.1, 0.15) is 0 Å². The van der Waals surface area contributed by atoms with Gasteiger partial charge >= 0.3 is 0 Å². The second kappa shape index (κ2) is 9.97. The number of rotatable bonds is 8. The molecule has 0 amide bonds. The van der Waals surface area contributed by atoms with Crippen LogP contribution in [0.4, 0.5) is 0 Å². The molecule has 0 aliphatic heterocycles. The third-order valence-corrected chi connectivity index (χ3v) is 5.27. The SMILES string of the molecule is CCCCCC(CC(=C1C=CC=CC1)c1ccccc1)c1ccccc1. The molecule has 0 aromatic heterocycles. The van der Waals surface area contributed by atoms with E-state index in [0.29, 0.717) is 5.92 Å². The van der Waals surface area contributed by atoms with Crippen molar-refractivity contribution in [1.29, 1.82) is 0 Å². The molecule has 2 aromatic carbocycles. The molecule has 0 radical (unpaired) electrons. The van der Waals surface area contributed by atoms with Crippen LogP contribution in [-0.2, 0) is 0 Å². The highest BCUT2D eigenvalue weighted by atomic mass is 14.2. The number of allylic oxidation sites excluding steroid dienone is 6. The Morgan fingerprint density at radius 2 is 1.62 bits per heavy atom. The van der Waals surface area contributed by atoms with Crippen molar-refractivity contribution >= 4 is 5.57 Å². The topological polar surface area (TPSA) is 0 Å². The molecule has 134 valence electrons. The Hall–Kier alpha value is -2.34. The third kappa shape index (κ3) is 5.08. The first-order valence-electron chi connectivity index (χ1n) is 10.0. The van der Waals surface area contributed by atoms with Crippen LogP contribution in [0, 0.1) is 0 Å². The van der Waals surface area contributed by atoms with Gasteiger partial charge in [0, 0.05) is 0 Å². The van der Waals surface area contributed by atoms with E-state index in [1.54, 1.807) is 0 Å². The summed E-state index contributed by atoms with van der Waals surface area (Å²) < 4.78 is 0. The minimum absolute atomic E-state index is 0.588. The zero-order valence-corrected chi connectivity index (χ0v) is 15.9. The molecular formula is C26H30. The second-order valence-corrected chi connectivity index (χ2v) is 7.17. The van der Waals surface area contributed by atoms with Gasteiger partial charge < -0.3 is 0 Å². The normalized spacial score (nSPS) is 16.5. The quantitative estimate of drug-likeness (QED) is 0.431. The summed E-state index contributed by atoms with van der Waals surface area (Å²) in [5.41, 5.74) is 5.83. The Labute approximate surface area is 159 Å². The van der Waals surface area contributed by atoms with Crippen LogP contribution < -0.4 is 0 Å². The highest BCUT2D eigenvalue weighted by Crippen LogP contribution is 2.36. The van der Waals surface area contributed by atoms with Crippen molar-refractivity contribution in [2.45, 2.75) is 51.4 Å². The van der Waals surface area contributed by atoms with Crippen LogP contribution >= 0.6 is 0 Å². The molecule has 1 aliphatic rings. The molecule has 0 saturated carbocycles. The van der Waals surface area contributed by atoms with E-state index in [4.69, 9.17) is 0 Å². The molecule has 0 N–H and O–H groups in total. The molecule has 0 nitrogen and oxygen atoms in total. The standard InChI is InChI=1S/C26H30/c1-2-3-7-20-25(22-14-8-4-9-15-22)21-26(23-16-10-5-11-17-23)24-18-12-6-13-19-24/h4-6,8-18,25H,2-3,7,19-21H2,1H3. The maximum Gasteiger partial charge on any atom is -0.00914 e. The fourth-order valence-electron chi connectivity index (χ4n) is 3.81. The summed E-state index contributed by atoms with van der Waals surface area (Å²) in [4.78, 5) is 0. The molecule has 1 unspecified atom stereocenters. The summed E-state index contributed by atoms with van der Waals surface area (Å²) in [5, 5.41) is 0. The van der Waals surface area contributed by atoms with Crippen molar-refractivity contribution in [3.63, 3.8) is 0 Å². The zero-order chi connectivity index (χ0) is 18.0. The Morgan fingerprint density at radius 3 is 2.27 bits per heavy atom. The van der Waals surface area contributed by atoms with Gasteiger partial charge in [0.05, 0.1) is 0 Å². The summed E-state index contributed by atoms with van der Waals surface area (Å²) >= 11 is 0. The van der Waals surface area contributed by atoms with E-state index in [9.17, 15) is 0 Å². The van der Waals surface area contributed by atoms with Gasteiger partial charge in [0.25, 0.3) is 0 Å². The zero-order valence-electron chi connectivity index (χ0n) is 15.9.